The summed E-state index contributed by atoms with van der Waals surface area (Å²) in [5.74, 6) is 0. The maximum absolute atomic E-state index is 11.7. The molecule has 0 aliphatic heterocycles. The number of nitrogens with zero attached hydrogens (tertiary/aromatic N) is 2. The van der Waals surface area contributed by atoms with Crippen molar-refractivity contribution >= 4 is 28.2 Å². The first-order valence-electron chi connectivity index (χ1n) is 5.92. The van der Waals surface area contributed by atoms with Gasteiger partial charge in [0.1, 0.15) is 11.4 Å². The number of oxime groups is 1. The number of carbonyl (C=O) groups excluding carboxylic acids is 1. The van der Waals surface area contributed by atoms with Gasteiger partial charge in [0, 0.05) is 11.9 Å². The highest BCUT2D eigenvalue weighted by Gasteiger charge is 2.08. The van der Waals surface area contributed by atoms with Gasteiger partial charge in [-0.1, -0.05) is 35.5 Å². The number of hydrogen-bond acceptors (Lipinski definition) is 5. The zero-order valence-corrected chi connectivity index (χ0v) is 11.6. The van der Waals surface area contributed by atoms with E-state index in [0.29, 0.717) is 23.1 Å². The van der Waals surface area contributed by atoms with E-state index in [1.54, 1.807) is 12.3 Å². The SMILES string of the molecule is C/C(=N/O)c1csc(NC(=O)NCc2ccccc2)n1. The lowest BCUT2D eigenvalue weighted by Crippen LogP contribution is -2.28. The van der Waals surface area contributed by atoms with Crippen molar-refractivity contribution in [2.75, 3.05) is 5.32 Å². The van der Waals surface area contributed by atoms with Crippen LogP contribution in [-0.4, -0.2) is 21.9 Å². The number of rotatable bonds is 4. The van der Waals surface area contributed by atoms with Crippen LogP contribution in [0.3, 0.4) is 0 Å². The van der Waals surface area contributed by atoms with Crippen molar-refractivity contribution in [1.29, 1.82) is 0 Å². The van der Waals surface area contributed by atoms with Gasteiger partial charge in [-0.2, -0.15) is 0 Å². The minimum absolute atomic E-state index is 0.326. The molecule has 2 amide bonds. The second-order valence-corrected chi connectivity index (χ2v) is 4.87. The van der Waals surface area contributed by atoms with Crippen LogP contribution in [0.2, 0.25) is 0 Å². The van der Waals surface area contributed by atoms with E-state index < -0.39 is 0 Å². The number of thiazole rings is 1. The molecule has 0 radical (unpaired) electrons. The molecular formula is C13H14N4O2S. The topological polar surface area (TPSA) is 86.6 Å². The molecule has 0 atom stereocenters. The Balaban J connectivity index is 1.87. The molecule has 1 aromatic heterocycles. The van der Waals surface area contributed by atoms with Gasteiger partial charge in [-0.05, 0) is 12.5 Å². The number of carbonyl (C=O) groups is 1. The van der Waals surface area contributed by atoms with E-state index in [0.717, 1.165) is 5.56 Å². The number of urea groups is 1. The molecule has 0 fully saturated rings. The molecule has 0 unspecified atom stereocenters. The molecule has 7 heteroatoms. The van der Waals surface area contributed by atoms with Gasteiger partial charge in [0.2, 0.25) is 0 Å². The maximum atomic E-state index is 11.7. The number of benzene rings is 1. The summed E-state index contributed by atoms with van der Waals surface area (Å²) in [4.78, 5) is 15.8. The van der Waals surface area contributed by atoms with Crippen LogP contribution in [0.4, 0.5) is 9.93 Å². The summed E-state index contributed by atoms with van der Waals surface area (Å²) in [6.45, 7) is 2.08. The first-order chi connectivity index (χ1) is 9.69. The van der Waals surface area contributed by atoms with Crippen LogP contribution in [0.15, 0.2) is 40.9 Å². The molecule has 0 aliphatic rings. The molecule has 2 aromatic rings. The Morgan fingerprint density at radius 3 is 2.85 bits per heavy atom. The van der Waals surface area contributed by atoms with Gasteiger partial charge >= 0.3 is 6.03 Å². The summed E-state index contributed by atoms with van der Waals surface area (Å²) in [6, 6.07) is 9.29. The standard InChI is InChI=1S/C13H14N4O2S/c1-9(17-19)11-8-20-13(15-11)16-12(18)14-7-10-5-3-2-4-6-10/h2-6,8,19H,7H2,1H3,(H2,14,15,16,18)/b17-9-. The lowest BCUT2D eigenvalue weighted by atomic mass is 10.2. The van der Waals surface area contributed by atoms with Gasteiger partial charge in [0.25, 0.3) is 0 Å². The lowest BCUT2D eigenvalue weighted by molar-refractivity contribution is 0.251. The molecule has 0 bridgehead atoms. The van der Waals surface area contributed by atoms with E-state index in [-0.39, 0.29) is 6.03 Å². The summed E-state index contributed by atoms with van der Waals surface area (Å²) in [7, 11) is 0. The molecule has 0 aliphatic carbocycles. The Labute approximate surface area is 120 Å². The Morgan fingerprint density at radius 2 is 2.15 bits per heavy atom. The Kier molecular flexibility index (Phi) is 4.67. The smallest absolute Gasteiger partial charge is 0.321 e. The predicted octanol–water partition coefficient (Wildman–Crippen LogP) is 2.66. The second-order valence-electron chi connectivity index (χ2n) is 4.02. The number of amides is 2. The highest BCUT2D eigenvalue weighted by molar-refractivity contribution is 7.14. The van der Waals surface area contributed by atoms with Crippen LogP contribution >= 0.6 is 11.3 Å². The molecule has 1 aromatic carbocycles. The van der Waals surface area contributed by atoms with Gasteiger partial charge in [-0.3, -0.25) is 5.32 Å². The molecule has 104 valence electrons. The summed E-state index contributed by atoms with van der Waals surface area (Å²) in [5.41, 5.74) is 1.96. The van der Waals surface area contributed by atoms with Crippen LogP contribution < -0.4 is 10.6 Å². The Bertz CT molecular complexity index is 610. The van der Waals surface area contributed by atoms with E-state index in [4.69, 9.17) is 5.21 Å². The van der Waals surface area contributed by atoms with E-state index in [2.05, 4.69) is 20.8 Å². The minimum atomic E-state index is -0.326. The number of anilines is 1. The monoisotopic (exact) mass is 290 g/mol. The summed E-state index contributed by atoms with van der Waals surface area (Å²) in [5, 5.41) is 19.2. The van der Waals surface area contributed by atoms with Crippen LogP contribution in [0.1, 0.15) is 18.2 Å². The fourth-order valence-corrected chi connectivity index (χ4v) is 2.22. The Hall–Kier alpha value is -2.41. The van der Waals surface area contributed by atoms with Crippen molar-refractivity contribution in [2.24, 2.45) is 5.16 Å². The van der Waals surface area contributed by atoms with Gasteiger partial charge in [0.15, 0.2) is 5.13 Å². The maximum Gasteiger partial charge on any atom is 0.321 e. The van der Waals surface area contributed by atoms with Crippen LogP contribution in [-0.2, 0) is 6.54 Å². The first kappa shape index (κ1) is 14.0. The lowest BCUT2D eigenvalue weighted by Gasteiger charge is -2.05. The van der Waals surface area contributed by atoms with Crippen molar-refractivity contribution in [1.82, 2.24) is 10.3 Å². The van der Waals surface area contributed by atoms with Crippen LogP contribution in [0, 0.1) is 0 Å². The summed E-state index contributed by atoms with van der Waals surface area (Å²) >= 11 is 1.27. The fourth-order valence-electron chi connectivity index (χ4n) is 1.47. The van der Waals surface area contributed by atoms with E-state index >= 15 is 0 Å². The number of nitrogens with one attached hydrogen (secondary N) is 2. The third-order valence-corrected chi connectivity index (χ3v) is 3.30. The van der Waals surface area contributed by atoms with Crippen LogP contribution in [0.25, 0.3) is 0 Å². The molecule has 0 spiro atoms. The molecule has 0 saturated carbocycles. The fraction of sp³-hybridized carbons (Fsp3) is 0.154. The molecule has 20 heavy (non-hydrogen) atoms. The average molecular weight is 290 g/mol. The van der Waals surface area contributed by atoms with E-state index in [1.165, 1.54) is 11.3 Å². The largest absolute Gasteiger partial charge is 0.411 e. The van der Waals surface area contributed by atoms with Crippen molar-refractivity contribution in [2.45, 2.75) is 13.5 Å². The first-order valence-corrected chi connectivity index (χ1v) is 6.80. The zero-order valence-electron chi connectivity index (χ0n) is 10.8. The Morgan fingerprint density at radius 1 is 1.40 bits per heavy atom. The predicted molar refractivity (Wildman–Crippen MR) is 78.4 cm³/mol. The average Bonchev–Trinajstić information content (AvgIpc) is 2.94. The quantitative estimate of drug-likeness (QED) is 0.459. The van der Waals surface area contributed by atoms with Crippen LogP contribution in [0.5, 0.6) is 0 Å². The molecule has 6 nitrogen and oxygen atoms in total. The number of aromatic nitrogens is 1. The van der Waals surface area contributed by atoms with E-state index in [9.17, 15) is 4.79 Å². The van der Waals surface area contributed by atoms with Crippen molar-refractivity contribution in [3.8, 4) is 0 Å². The van der Waals surface area contributed by atoms with Crippen molar-refractivity contribution in [3.05, 3.63) is 47.0 Å². The van der Waals surface area contributed by atoms with Gasteiger partial charge < -0.3 is 10.5 Å². The molecule has 2 rings (SSSR count). The third-order valence-electron chi connectivity index (χ3n) is 2.54. The molecule has 0 saturated heterocycles. The van der Waals surface area contributed by atoms with Crippen molar-refractivity contribution < 1.29 is 10.0 Å². The van der Waals surface area contributed by atoms with Gasteiger partial charge in [-0.15, -0.1) is 11.3 Å². The normalized spacial score (nSPS) is 11.2. The van der Waals surface area contributed by atoms with Crippen molar-refractivity contribution in [3.63, 3.8) is 0 Å². The second kappa shape index (κ2) is 6.67. The summed E-state index contributed by atoms with van der Waals surface area (Å²) in [6.07, 6.45) is 0. The number of hydrogen-bond donors (Lipinski definition) is 3. The molecule has 1 heterocycles. The highest BCUT2D eigenvalue weighted by Crippen LogP contribution is 2.15. The summed E-state index contributed by atoms with van der Waals surface area (Å²) < 4.78 is 0. The van der Waals surface area contributed by atoms with E-state index in [1.807, 2.05) is 30.3 Å². The van der Waals surface area contributed by atoms with Gasteiger partial charge in [-0.25, -0.2) is 9.78 Å². The molecular weight excluding hydrogens is 276 g/mol. The zero-order chi connectivity index (χ0) is 14.4. The highest BCUT2D eigenvalue weighted by atomic mass is 32.1. The third kappa shape index (κ3) is 3.79. The van der Waals surface area contributed by atoms with Gasteiger partial charge in [0.05, 0.1) is 0 Å². The molecule has 3 N–H and O–H groups in total. The minimum Gasteiger partial charge on any atom is -0.411 e.